The lowest BCUT2D eigenvalue weighted by Crippen LogP contribution is -2.21. The summed E-state index contributed by atoms with van der Waals surface area (Å²) in [5.74, 6) is 1.47. The van der Waals surface area contributed by atoms with Gasteiger partial charge in [-0.15, -0.1) is 0 Å². The molecule has 0 radical (unpaired) electrons. The lowest BCUT2D eigenvalue weighted by molar-refractivity contribution is 0.299. The van der Waals surface area contributed by atoms with Crippen molar-refractivity contribution in [2.24, 2.45) is 17.4 Å². The summed E-state index contributed by atoms with van der Waals surface area (Å²) < 4.78 is 5.71. The van der Waals surface area contributed by atoms with Crippen LogP contribution in [0.3, 0.4) is 0 Å². The number of aryl methyl sites for hydroxylation is 1. The molecule has 0 amide bonds. The van der Waals surface area contributed by atoms with E-state index < -0.39 is 0 Å². The molecule has 2 rings (SSSR count). The minimum Gasteiger partial charge on any atom is -0.492 e. The predicted octanol–water partition coefficient (Wildman–Crippen LogP) is 2.40. The van der Waals surface area contributed by atoms with Crippen LogP contribution in [0.2, 0.25) is 5.02 Å². The molecule has 0 saturated heterocycles. The molecule has 0 bridgehead atoms. The van der Waals surface area contributed by atoms with Crippen LogP contribution in [-0.2, 0) is 0 Å². The average Bonchev–Trinajstić information content (AvgIpc) is 3.12. The normalized spacial score (nSPS) is 16.9. The Morgan fingerprint density at radius 1 is 1.47 bits per heavy atom. The maximum Gasteiger partial charge on any atom is 0.138 e. The van der Waals surface area contributed by atoms with Gasteiger partial charge in [-0.2, -0.15) is 0 Å². The van der Waals surface area contributed by atoms with Gasteiger partial charge in [0.15, 0.2) is 0 Å². The standard InChI is InChI=1S/C13H19ClN2O/c1-8-4-13(17-7-9-2-3-9)11(14)5-10(8)12(16)6-15/h4-5,9,12H,2-3,6-7,15-16H2,1H3. The number of benzene rings is 1. The summed E-state index contributed by atoms with van der Waals surface area (Å²) in [6.07, 6.45) is 2.54. The molecule has 3 nitrogen and oxygen atoms in total. The van der Waals surface area contributed by atoms with Crippen LogP contribution >= 0.6 is 11.6 Å². The first kappa shape index (κ1) is 12.7. The van der Waals surface area contributed by atoms with Gasteiger partial charge in [-0.1, -0.05) is 11.6 Å². The molecule has 4 heteroatoms. The molecule has 17 heavy (non-hydrogen) atoms. The van der Waals surface area contributed by atoms with E-state index in [0.717, 1.165) is 29.4 Å². The maximum absolute atomic E-state index is 6.18. The van der Waals surface area contributed by atoms with E-state index in [1.165, 1.54) is 12.8 Å². The molecule has 0 spiro atoms. The third-order valence-electron chi connectivity index (χ3n) is 3.15. The van der Waals surface area contributed by atoms with E-state index in [4.69, 9.17) is 27.8 Å². The molecular formula is C13H19ClN2O. The first-order valence-corrected chi connectivity index (χ1v) is 6.38. The zero-order chi connectivity index (χ0) is 12.4. The van der Waals surface area contributed by atoms with Crippen molar-refractivity contribution >= 4 is 11.6 Å². The fraction of sp³-hybridized carbons (Fsp3) is 0.538. The number of ether oxygens (including phenoxy) is 1. The third-order valence-corrected chi connectivity index (χ3v) is 3.44. The van der Waals surface area contributed by atoms with E-state index in [0.29, 0.717) is 11.6 Å². The molecule has 1 saturated carbocycles. The summed E-state index contributed by atoms with van der Waals surface area (Å²) in [4.78, 5) is 0. The summed E-state index contributed by atoms with van der Waals surface area (Å²) >= 11 is 6.18. The van der Waals surface area contributed by atoms with E-state index in [1.807, 2.05) is 19.1 Å². The van der Waals surface area contributed by atoms with Gasteiger partial charge >= 0.3 is 0 Å². The van der Waals surface area contributed by atoms with Gasteiger partial charge in [-0.3, -0.25) is 0 Å². The topological polar surface area (TPSA) is 61.3 Å². The van der Waals surface area contributed by atoms with Gasteiger partial charge in [0, 0.05) is 12.6 Å². The van der Waals surface area contributed by atoms with Gasteiger partial charge in [0.05, 0.1) is 11.6 Å². The van der Waals surface area contributed by atoms with Gasteiger partial charge in [0.2, 0.25) is 0 Å². The van der Waals surface area contributed by atoms with Crippen molar-refractivity contribution in [1.29, 1.82) is 0 Å². The Morgan fingerprint density at radius 3 is 2.76 bits per heavy atom. The van der Waals surface area contributed by atoms with Crippen molar-refractivity contribution in [3.05, 3.63) is 28.3 Å². The van der Waals surface area contributed by atoms with Gasteiger partial charge < -0.3 is 16.2 Å². The molecule has 1 atom stereocenters. The van der Waals surface area contributed by atoms with Crippen LogP contribution in [0.5, 0.6) is 5.75 Å². The molecule has 0 aliphatic heterocycles. The quantitative estimate of drug-likeness (QED) is 0.848. The summed E-state index contributed by atoms with van der Waals surface area (Å²) in [6.45, 7) is 3.19. The smallest absolute Gasteiger partial charge is 0.138 e. The summed E-state index contributed by atoms with van der Waals surface area (Å²) in [5.41, 5.74) is 13.6. The van der Waals surface area contributed by atoms with E-state index in [9.17, 15) is 0 Å². The van der Waals surface area contributed by atoms with E-state index in [2.05, 4.69) is 0 Å². The highest BCUT2D eigenvalue weighted by atomic mass is 35.5. The maximum atomic E-state index is 6.18. The number of hydrogen-bond acceptors (Lipinski definition) is 3. The van der Waals surface area contributed by atoms with Crippen molar-refractivity contribution in [2.75, 3.05) is 13.2 Å². The Balaban J connectivity index is 2.14. The Kier molecular flexibility index (Phi) is 3.92. The van der Waals surface area contributed by atoms with Crippen LogP contribution < -0.4 is 16.2 Å². The molecule has 94 valence electrons. The van der Waals surface area contributed by atoms with Crippen LogP contribution in [0.15, 0.2) is 12.1 Å². The Hall–Kier alpha value is -0.770. The monoisotopic (exact) mass is 254 g/mol. The zero-order valence-corrected chi connectivity index (χ0v) is 10.8. The Bertz CT molecular complexity index is 405. The lowest BCUT2D eigenvalue weighted by atomic mass is 10.0. The molecule has 0 aromatic heterocycles. The Labute approximate surface area is 107 Å². The molecule has 4 N–H and O–H groups in total. The zero-order valence-electron chi connectivity index (χ0n) is 10.1. The number of nitrogens with two attached hydrogens (primary N) is 2. The highest BCUT2D eigenvalue weighted by molar-refractivity contribution is 6.32. The average molecular weight is 255 g/mol. The minimum absolute atomic E-state index is 0.162. The number of halogens is 1. The second kappa shape index (κ2) is 5.25. The largest absolute Gasteiger partial charge is 0.492 e. The molecule has 1 unspecified atom stereocenters. The van der Waals surface area contributed by atoms with Gasteiger partial charge in [0.1, 0.15) is 5.75 Å². The second-order valence-corrected chi connectivity index (χ2v) is 5.14. The van der Waals surface area contributed by atoms with Crippen LogP contribution in [0, 0.1) is 12.8 Å². The van der Waals surface area contributed by atoms with Crippen molar-refractivity contribution in [3.8, 4) is 5.75 Å². The fourth-order valence-electron chi connectivity index (χ4n) is 1.80. The van der Waals surface area contributed by atoms with Crippen LogP contribution in [-0.4, -0.2) is 13.2 Å². The lowest BCUT2D eigenvalue weighted by Gasteiger charge is -2.16. The summed E-state index contributed by atoms with van der Waals surface area (Å²) in [6, 6.07) is 3.66. The van der Waals surface area contributed by atoms with Crippen molar-refractivity contribution in [1.82, 2.24) is 0 Å². The Morgan fingerprint density at radius 2 is 2.18 bits per heavy atom. The van der Waals surface area contributed by atoms with Crippen LogP contribution in [0.25, 0.3) is 0 Å². The predicted molar refractivity (Wildman–Crippen MR) is 70.4 cm³/mol. The molecule has 1 fully saturated rings. The molecule has 1 aromatic carbocycles. The highest BCUT2D eigenvalue weighted by Gasteiger charge is 2.22. The molecular weight excluding hydrogens is 236 g/mol. The van der Waals surface area contributed by atoms with Crippen molar-refractivity contribution in [2.45, 2.75) is 25.8 Å². The van der Waals surface area contributed by atoms with Crippen LogP contribution in [0.4, 0.5) is 0 Å². The molecule has 1 aliphatic rings. The minimum atomic E-state index is -0.162. The van der Waals surface area contributed by atoms with Gasteiger partial charge in [-0.05, 0) is 48.9 Å². The summed E-state index contributed by atoms with van der Waals surface area (Å²) in [5, 5.41) is 0.621. The van der Waals surface area contributed by atoms with Crippen molar-refractivity contribution < 1.29 is 4.74 Å². The fourth-order valence-corrected chi connectivity index (χ4v) is 2.03. The van der Waals surface area contributed by atoms with Crippen LogP contribution in [0.1, 0.15) is 30.0 Å². The van der Waals surface area contributed by atoms with E-state index in [1.54, 1.807) is 0 Å². The van der Waals surface area contributed by atoms with Crippen molar-refractivity contribution in [3.63, 3.8) is 0 Å². The van der Waals surface area contributed by atoms with Gasteiger partial charge in [-0.25, -0.2) is 0 Å². The first-order valence-electron chi connectivity index (χ1n) is 6.00. The van der Waals surface area contributed by atoms with E-state index >= 15 is 0 Å². The molecule has 1 aromatic rings. The third kappa shape index (κ3) is 3.12. The SMILES string of the molecule is Cc1cc(OCC2CC2)c(Cl)cc1C(N)CN. The summed E-state index contributed by atoms with van der Waals surface area (Å²) in [7, 11) is 0. The van der Waals surface area contributed by atoms with Gasteiger partial charge in [0.25, 0.3) is 0 Å². The highest BCUT2D eigenvalue weighted by Crippen LogP contribution is 2.33. The van der Waals surface area contributed by atoms with E-state index in [-0.39, 0.29) is 6.04 Å². The first-order chi connectivity index (χ1) is 8.11. The number of rotatable bonds is 5. The molecule has 1 aliphatic carbocycles. The second-order valence-electron chi connectivity index (χ2n) is 4.74. The number of hydrogen-bond donors (Lipinski definition) is 2. The molecule has 0 heterocycles.